The summed E-state index contributed by atoms with van der Waals surface area (Å²) in [6.45, 7) is 4.20. The molecule has 0 N–H and O–H groups in total. The molecule has 0 aromatic carbocycles. The van der Waals surface area contributed by atoms with Crippen LogP contribution in [0.15, 0.2) is 0 Å². The SMILES string of the molecule is CCCC(CS)CSC1CCOCC1. The van der Waals surface area contributed by atoms with E-state index in [4.69, 9.17) is 4.74 Å². The molecule has 1 heterocycles. The topological polar surface area (TPSA) is 9.23 Å². The normalized spacial score (nSPS) is 21.0. The molecule has 1 aliphatic rings. The molecule has 1 nitrogen and oxygen atoms in total. The van der Waals surface area contributed by atoms with Gasteiger partial charge in [-0.25, -0.2) is 0 Å². The summed E-state index contributed by atoms with van der Waals surface area (Å²) in [6.07, 6.45) is 5.12. The van der Waals surface area contributed by atoms with Crippen LogP contribution in [0.5, 0.6) is 0 Å². The van der Waals surface area contributed by atoms with Gasteiger partial charge in [0.25, 0.3) is 0 Å². The highest BCUT2D eigenvalue weighted by Gasteiger charge is 2.15. The molecule has 0 spiro atoms. The first kappa shape index (κ1) is 12.7. The van der Waals surface area contributed by atoms with Crippen LogP contribution < -0.4 is 0 Å². The van der Waals surface area contributed by atoms with Crippen LogP contribution in [-0.2, 0) is 4.74 Å². The maximum atomic E-state index is 5.35. The second kappa shape index (κ2) is 7.89. The van der Waals surface area contributed by atoms with E-state index >= 15 is 0 Å². The molecule has 1 aliphatic heterocycles. The van der Waals surface area contributed by atoms with E-state index in [0.717, 1.165) is 30.1 Å². The Morgan fingerprint density at radius 1 is 1.43 bits per heavy atom. The van der Waals surface area contributed by atoms with Crippen LogP contribution in [0.4, 0.5) is 0 Å². The number of rotatable bonds is 6. The Balaban J connectivity index is 2.10. The van der Waals surface area contributed by atoms with Crippen LogP contribution in [0, 0.1) is 5.92 Å². The molecule has 0 bridgehead atoms. The van der Waals surface area contributed by atoms with E-state index in [9.17, 15) is 0 Å². The van der Waals surface area contributed by atoms with Gasteiger partial charge in [0, 0.05) is 18.5 Å². The molecule has 3 heteroatoms. The smallest absolute Gasteiger partial charge is 0.0476 e. The van der Waals surface area contributed by atoms with E-state index in [2.05, 4.69) is 31.3 Å². The standard InChI is InChI=1S/C11H22OS2/c1-2-3-10(8-13)9-14-11-4-6-12-7-5-11/h10-11,13H,2-9H2,1H3. The molecule has 0 saturated carbocycles. The molecule has 0 aliphatic carbocycles. The van der Waals surface area contributed by atoms with E-state index < -0.39 is 0 Å². The minimum absolute atomic E-state index is 0.816. The second-order valence-corrected chi connectivity index (χ2v) is 5.68. The minimum atomic E-state index is 0.816. The summed E-state index contributed by atoms with van der Waals surface area (Å²) in [5.41, 5.74) is 0. The Bertz CT molecular complexity index is 130. The molecule has 0 aromatic heterocycles. The van der Waals surface area contributed by atoms with Gasteiger partial charge in [-0.2, -0.15) is 24.4 Å². The number of ether oxygens (including phenoxy) is 1. The van der Waals surface area contributed by atoms with Gasteiger partial charge in [-0.1, -0.05) is 13.3 Å². The highest BCUT2D eigenvalue weighted by molar-refractivity contribution is 7.99. The quantitative estimate of drug-likeness (QED) is 0.707. The van der Waals surface area contributed by atoms with Crippen LogP contribution in [-0.4, -0.2) is 30.0 Å². The molecule has 1 saturated heterocycles. The number of thioether (sulfide) groups is 1. The molecule has 1 atom stereocenters. The first-order valence-corrected chi connectivity index (χ1v) is 7.35. The number of hydrogen-bond acceptors (Lipinski definition) is 3. The first-order valence-electron chi connectivity index (χ1n) is 5.67. The van der Waals surface area contributed by atoms with Crippen molar-refractivity contribution in [3.8, 4) is 0 Å². The summed E-state index contributed by atoms with van der Waals surface area (Å²) in [7, 11) is 0. The Hall–Kier alpha value is 0.660. The first-order chi connectivity index (χ1) is 6.86. The van der Waals surface area contributed by atoms with Crippen molar-refractivity contribution in [3.63, 3.8) is 0 Å². The third-order valence-electron chi connectivity index (χ3n) is 2.69. The van der Waals surface area contributed by atoms with E-state index in [1.165, 1.54) is 31.4 Å². The highest BCUT2D eigenvalue weighted by atomic mass is 32.2. The molecular weight excluding hydrogens is 212 g/mol. The number of hydrogen-bond donors (Lipinski definition) is 1. The van der Waals surface area contributed by atoms with Gasteiger partial charge in [0.05, 0.1) is 0 Å². The van der Waals surface area contributed by atoms with Crippen LogP contribution in [0.25, 0.3) is 0 Å². The molecule has 0 amide bonds. The van der Waals surface area contributed by atoms with Gasteiger partial charge in [-0.3, -0.25) is 0 Å². The van der Waals surface area contributed by atoms with Gasteiger partial charge in [-0.05, 0) is 36.7 Å². The van der Waals surface area contributed by atoms with E-state index in [0.29, 0.717) is 0 Å². The van der Waals surface area contributed by atoms with Gasteiger partial charge < -0.3 is 4.74 Å². The summed E-state index contributed by atoms with van der Waals surface area (Å²) in [6, 6.07) is 0. The fourth-order valence-electron chi connectivity index (χ4n) is 1.75. The Labute approximate surface area is 97.8 Å². The van der Waals surface area contributed by atoms with Crippen molar-refractivity contribution in [1.29, 1.82) is 0 Å². The lowest BCUT2D eigenvalue weighted by molar-refractivity contribution is 0.1000. The van der Waals surface area contributed by atoms with Gasteiger partial charge in [-0.15, -0.1) is 0 Å². The lowest BCUT2D eigenvalue weighted by Crippen LogP contribution is -2.19. The largest absolute Gasteiger partial charge is 0.381 e. The van der Waals surface area contributed by atoms with Gasteiger partial charge in [0.15, 0.2) is 0 Å². The Morgan fingerprint density at radius 2 is 2.14 bits per heavy atom. The fourth-order valence-corrected chi connectivity index (χ4v) is 3.59. The van der Waals surface area contributed by atoms with Crippen molar-refractivity contribution < 1.29 is 4.74 Å². The van der Waals surface area contributed by atoms with Crippen LogP contribution >= 0.6 is 24.4 Å². The van der Waals surface area contributed by atoms with E-state index in [1.54, 1.807) is 0 Å². The zero-order valence-corrected chi connectivity index (χ0v) is 10.8. The van der Waals surface area contributed by atoms with Gasteiger partial charge in [0.1, 0.15) is 0 Å². The summed E-state index contributed by atoms with van der Waals surface area (Å²) in [5.74, 6) is 3.16. The predicted octanol–water partition coefficient (Wildman–Crippen LogP) is 3.24. The average Bonchev–Trinajstić information content (AvgIpc) is 2.25. The molecular formula is C11H22OS2. The van der Waals surface area contributed by atoms with Crippen molar-refractivity contribution in [3.05, 3.63) is 0 Å². The van der Waals surface area contributed by atoms with Crippen molar-refractivity contribution in [2.45, 2.75) is 37.9 Å². The third-order valence-corrected chi connectivity index (χ3v) is 4.81. The van der Waals surface area contributed by atoms with Gasteiger partial charge >= 0.3 is 0 Å². The highest BCUT2D eigenvalue weighted by Crippen LogP contribution is 2.25. The van der Waals surface area contributed by atoms with Crippen molar-refractivity contribution in [1.82, 2.24) is 0 Å². The number of thiol groups is 1. The molecule has 1 unspecified atom stereocenters. The molecule has 0 aromatic rings. The summed E-state index contributed by atoms with van der Waals surface area (Å²) < 4.78 is 5.35. The second-order valence-electron chi connectivity index (χ2n) is 3.98. The molecule has 14 heavy (non-hydrogen) atoms. The molecule has 0 radical (unpaired) electrons. The minimum Gasteiger partial charge on any atom is -0.381 e. The maximum absolute atomic E-state index is 5.35. The lowest BCUT2D eigenvalue weighted by atomic mass is 10.1. The molecule has 1 fully saturated rings. The van der Waals surface area contributed by atoms with Crippen molar-refractivity contribution >= 4 is 24.4 Å². The summed E-state index contributed by atoms with van der Waals surface area (Å²) >= 11 is 6.55. The summed E-state index contributed by atoms with van der Waals surface area (Å²) in [4.78, 5) is 0. The Kier molecular flexibility index (Phi) is 7.17. The fraction of sp³-hybridized carbons (Fsp3) is 1.00. The van der Waals surface area contributed by atoms with E-state index in [1.807, 2.05) is 0 Å². The van der Waals surface area contributed by atoms with Crippen LogP contribution in [0.2, 0.25) is 0 Å². The molecule has 84 valence electrons. The van der Waals surface area contributed by atoms with Crippen molar-refractivity contribution in [2.75, 3.05) is 24.7 Å². The van der Waals surface area contributed by atoms with E-state index in [-0.39, 0.29) is 0 Å². The van der Waals surface area contributed by atoms with Crippen molar-refractivity contribution in [2.24, 2.45) is 5.92 Å². The van der Waals surface area contributed by atoms with Gasteiger partial charge in [0.2, 0.25) is 0 Å². The third kappa shape index (κ3) is 4.94. The zero-order chi connectivity index (χ0) is 10.2. The monoisotopic (exact) mass is 234 g/mol. The maximum Gasteiger partial charge on any atom is 0.0476 e. The summed E-state index contributed by atoms with van der Waals surface area (Å²) in [5, 5.41) is 0.850. The predicted molar refractivity (Wildman–Crippen MR) is 68.6 cm³/mol. The Morgan fingerprint density at radius 3 is 2.71 bits per heavy atom. The molecule has 1 rings (SSSR count). The zero-order valence-electron chi connectivity index (χ0n) is 9.08. The van der Waals surface area contributed by atoms with Crippen LogP contribution in [0.1, 0.15) is 32.6 Å². The average molecular weight is 234 g/mol. The lowest BCUT2D eigenvalue weighted by Gasteiger charge is -2.23. The van der Waals surface area contributed by atoms with Crippen LogP contribution in [0.3, 0.4) is 0 Å².